The number of anilines is 1. The minimum atomic E-state index is -5.24. The maximum absolute atomic E-state index is 15.5. The molecule has 0 radical (unpaired) electrons. The number of hydrogen-bond acceptors (Lipinski definition) is 11. The monoisotopic (exact) mass is 1070 g/mol. The van der Waals surface area contributed by atoms with Crippen molar-refractivity contribution in [2.45, 2.75) is 74.8 Å². The molecule has 2 aliphatic rings. The Morgan fingerprint density at radius 1 is 0.972 bits per heavy atom. The number of esters is 1. The van der Waals surface area contributed by atoms with E-state index in [2.05, 4.69) is 37.1 Å². The molecule has 1 unspecified atom stereocenters. The number of carboxylic acid groups (broad SMARTS) is 1. The normalized spacial score (nSPS) is 16.9. The summed E-state index contributed by atoms with van der Waals surface area (Å²) in [5.74, 6) is -10.3. The van der Waals surface area contributed by atoms with E-state index < -0.39 is 166 Å². The molecule has 2 aliphatic carbocycles. The van der Waals surface area contributed by atoms with Gasteiger partial charge in [-0.15, -0.1) is 0 Å². The number of nitrogens with one attached hydrogen (secondary N) is 1. The highest BCUT2D eigenvalue weighted by atomic mass is 35.5. The lowest BCUT2D eigenvalue weighted by Gasteiger charge is -2.23. The van der Waals surface area contributed by atoms with Crippen molar-refractivity contribution in [2.75, 3.05) is 23.5 Å². The Balaban J connectivity index is 1.48. The molecule has 71 heavy (non-hydrogen) atoms. The Labute approximate surface area is 399 Å². The van der Waals surface area contributed by atoms with E-state index in [-0.39, 0.29) is 36.9 Å². The Morgan fingerprint density at radius 3 is 2.18 bits per heavy atom. The summed E-state index contributed by atoms with van der Waals surface area (Å²) in [6.45, 7) is -2.37. The number of hydrogen-bond donors (Lipinski definition) is 2. The molecule has 3 atom stereocenters. The van der Waals surface area contributed by atoms with E-state index in [0.29, 0.717) is 12.3 Å². The first-order valence-corrected chi connectivity index (χ1v) is 24.4. The summed E-state index contributed by atoms with van der Waals surface area (Å²) in [5.41, 5.74) is -6.13. The highest BCUT2D eigenvalue weighted by Gasteiger charge is 2.68. The summed E-state index contributed by atoms with van der Waals surface area (Å²) in [5, 5.41) is 17.5. The number of pyridine rings is 1. The molecule has 3 aromatic heterocycles. The van der Waals surface area contributed by atoms with Gasteiger partial charge in [-0.05, 0) is 74.4 Å². The van der Waals surface area contributed by atoms with E-state index in [1.165, 1.54) is 13.8 Å². The van der Waals surface area contributed by atoms with Crippen LogP contribution in [-0.2, 0) is 70.6 Å². The minimum Gasteiger partial charge on any atom is -0.473 e. The van der Waals surface area contributed by atoms with Gasteiger partial charge in [-0.1, -0.05) is 23.6 Å². The lowest BCUT2D eigenvalue weighted by atomic mass is 9.93. The molecule has 3 heterocycles. The number of halogens is 11. The molecule has 2 N–H and O–H groups in total. The van der Waals surface area contributed by atoms with Crippen LogP contribution in [0.5, 0.6) is 0 Å². The second-order valence-electron chi connectivity index (χ2n) is 17.0. The number of carboxylic acids is 1. The van der Waals surface area contributed by atoms with E-state index >= 15 is 8.78 Å². The standard InChI is InChI=1S/C42H34ClF10N7O9S2/c1-39(2,70(3,65)66)10-9-22-5-6-23(24-7-8-27(43)31-33(24)59(17-40(46,47)48)57-36(31)60(71(4,67)68)18-69-38(64)37(62)63)32(54-22)28(13-19-11-20(44)14-21(45)12-19)55-29(61)16-58-35-30(34(56-58)42(51,52)53)25-15-26(25)41(35,49)50/h5-8,11-12,14,25-26,28H,13,15-18H2,1-4H3,(H,55,61)(H,62,63)/t25?,26-,28+/m1/s1. The number of aliphatic carboxylic acids is 1. The van der Waals surface area contributed by atoms with Gasteiger partial charge < -0.3 is 15.2 Å². The lowest BCUT2D eigenvalue weighted by molar-refractivity contribution is -0.163. The number of fused-ring (bicyclic) bond motifs is 4. The van der Waals surface area contributed by atoms with Crippen LogP contribution in [0.4, 0.5) is 49.7 Å². The lowest BCUT2D eigenvalue weighted by Crippen LogP contribution is -2.35. The quantitative estimate of drug-likeness (QED) is 0.0418. The van der Waals surface area contributed by atoms with Crippen molar-refractivity contribution in [3.63, 3.8) is 0 Å². The highest BCUT2D eigenvalue weighted by Crippen LogP contribution is 2.68. The smallest absolute Gasteiger partial charge is 0.435 e. The van der Waals surface area contributed by atoms with E-state index in [4.69, 9.17) is 16.7 Å². The fraction of sp³-hybridized carbons (Fsp3) is 0.381. The predicted molar refractivity (Wildman–Crippen MR) is 229 cm³/mol. The molecule has 0 saturated heterocycles. The summed E-state index contributed by atoms with van der Waals surface area (Å²) in [6, 6.07) is 4.53. The third-order valence-corrected chi connectivity index (χ3v) is 14.8. The number of carbonyl (C=O) groups excluding carboxylic acids is 2. The maximum Gasteiger partial charge on any atom is 0.435 e. The van der Waals surface area contributed by atoms with Crippen molar-refractivity contribution in [3.05, 3.63) is 93.0 Å². The topological polar surface area (TPSA) is 213 Å². The maximum atomic E-state index is 15.5. The van der Waals surface area contributed by atoms with Crippen molar-refractivity contribution in [3.8, 4) is 23.0 Å². The SMILES string of the molecule is CC(C)(C#Cc1ccc(-c2ccc(Cl)c3c(N(COC(=O)C(=O)O)S(C)(=O)=O)nn(CC(F)(F)F)c23)c([C@H](Cc2cc(F)cc(F)c2)NC(=O)Cn2nc(C(F)(F)F)c3c2C(F)(F)[C@@H]2CC32)n1)S(C)(=O)=O. The fourth-order valence-electron chi connectivity index (χ4n) is 7.93. The zero-order valence-electron chi connectivity index (χ0n) is 36.7. The zero-order valence-corrected chi connectivity index (χ0v) is 39.1. The first kappa shape index (κ1) is 52.4. The predicted octanol–water partition coefficient (Wildman–Crippen LogP) is 6.64. The number of benzene rings is 2. The van der Waals surface area contributed by atoms with Crippen LogP contribution in [0.2, 0.25) is 5.02 Å². The number of aromatic nitrogens is 5. The molecular weight excluding hydrogens is 1040 g/mol. The van der Waals surface area contributed by atoms with Gasteiger partial charge in [-0.2, -0.15) is 45.3 Å². The molecular formula is C42H34ClF10N7O9S2. The number of rotatable bonds is 13. The molecule has 0 bridgehead atoms. The van der Waals surface area contributed by atoms with Crippen LogP contribution in [0.25, 0.3) is 22.0 Å². The van der Waals surface area contributed by atoms with E-state index in [9.17, 15) is 66.3 Å². The third-order valence-electron chi connectivity index (χ3n) is 11.4. The van der Waals surface area contributed by atoms with E-state index in [0.717, 1.165) is 42.7 Å². The van der Waals surface area contributed by atoms with Gasteiger partial charge in [0.25, 0.3) is 5.92 Å². The summed E-state index contributed by atoms with van der Waals surface area (Å²) < 4.78 is 201. The Bertz CT molecular complexity index is 3330. The van der Waals surface area contributed by atoms with Crippen molar-refractivity contribution < 1.29 is 85.0 Å². The summed E-state index contributed by atoms with van der Waals surface area (Å²) in [4.78, 5) is 41.7. The van der Waals surface area contributed by atoms with Crippen LogP contribution in [0.3, 0.4) is 0 Å². The van der Waals surface area contributed by atoms with Gasteiger partial charge in [0.1, 0.15) is 40.9 Å². The van der Waals surface area contributed by atoms with Crippen molar-refractivity contribution >= 4 is 66.0 Å². The van der Waals surface area contributed by atoms with Gasteiger partial charge in [0.05, 0.1) is 33.9 Å². The summed E-state index contributed by atoms with van der Waals surface area (Å²) in [6.07, 6.45) is -10.1. The number of sulfonamides is 1. The Kier molecular flexibility index (Phi) is 13.3. The average molecular weight is 1070 g/mol. The number of alkyl halides is 8. The van der Waals surface area contributed by atoms with Gasteiger partial charge in [0.15, 0.2) is 28.1 Å². The van der Waals surface area contributed by atoms with E-state index in [1.807, 2.05) is 0 Å². The molecule has 7 rings (SSSR count). The molecule has 380 valence electrons. The van der Waals surface area contributed by atoms with Crippen molar-refractivity contribution in [1.29, 1.82) is 0 Å². The zero-order chi connectivity index (χ0) is 52.7. The van der Waals surface area contributed by atoms with Crippen molar-refractivity contribution in [2.24, 2.45) is 5.92 Å². The van der Waals surface area contributed by atoms with Gasteiger partial charge in [-0.25, -0.2) is 44.5 Å². The van der Waals surface area contributed by atoms with Gasteiger partial charge in [0.2, 0.25) is 15.9 Å². The number of ether oxygens (including phenoxy) is 1. The third kappa shape index (κ3) is 10.6. The van der Waals surface area contributed by atoms with Crippen molar-refractivity contribution in [1.82, 2.24) is 29.9 Å². The fourth-order valence-corrected chi connectivity index (χ4v) is 9.08. The molecule has 2 aromatic carbocycles. The molecule has 0 aliphatic heterocycles. The van der Waals surface area contributed by atoms with Crippen LogP contribution in [0, 0.1) is 29.4 Å². The average Bonchev–Trinajstić information content (AvgIpc) is 3.73. The molecule has 1 saturated carbocycles. The van der Waals surface area contributed by atoms with E-state index in [1.54, 1.807) is 0 Å². The van der Waals surface area contributed by atoms with Gasteiger partial charge >= 0.3 is 24.3 Å². The highest BCUT2D eigenvalue weighted by molar-refractivity contribution is 7.92. The summed E-state index contributed by atoms with van der Waals surface area (Å²) >= 11 is 6.55. The number of sulfone groups is 1. The first-order valence-electron chi connectivity index (χ1n) is 20.3. The molecule has 1 amide bonds. The van der Waals surface area contributed by atoms with Crippen LogP contribution >= 0.6 is 11.6 Å². The van der Waals surface area contributed by atoms with Gasteiger partial charge in [0, 0.05) is 34.9 Å². The van der Waals surface area contributed by atoms with Crippen LogP contribution in [-0.4, -0.2) is 94.5 Å². The molecule has 16 nitrogen and oxygen atoms in total. The largest absolute Gasteiger partial charge is 0.473 e. The number of carbonyl (C=O) groups is 3. The first-order chi connectivity index (χ1) is 32.6. The Hall–Kier alpha value is -6.47. The molecule has 0 spiro atoms. The van der Waals surface area contributed by atoms with Crippen LogP contribution < -0.4 is 9.62 Å². The Morgan fingerprint density at radius 2 is 1.61 bits per heavy atom. The van der Waals surface area contributed by atoms with Crippen LogP contribution in [0.1, 0.15) is 66.1 Å². The molecule has 1 fully saturated rings. The number of amides is 1. The molecule has 29 heteroatoms. The second kappa shape index (κ2) is 18.0. The van der Waals surface area contributed by atoms with Gasteiger partial charge in [-0.3, -0.25) is 14.2 Å². The van der Waals surface area contributed by atoms with Crippen LogP contribution in [0.15, 0.2) is 42.5 Å². The minimum absolute atomic E-state index is 0.116. The molecule has 5 aromatic rings. The summed E-state index contributed by atoms with van der Waals surface area (Å²) in [7, 11) is -8.68. The number of nitrogens with zero attached hydrogens (tertiary/aromatic N) is 6. The second-order valence-corrected chi connectivity index (χ2v) is 21.9.